The van der Waals surface area contributed by atoms with Crippen molar-refractivity contribution < 1.29 is 0 Å². The van der Waals surface area contributed by atoms with Crippen LogP contribution in [0.15, 0.2) is 54.7 Å². The third-order valence-corrected chi connectivity index (χ3v) is 3.50. The molecule has 0 radical (unpaired) electrons. The van der Waals surface area contributed by atoms with Crippen LogP contribution in [0.5, 0.6) is 0 Å². The van der Waals surface area contributed by atoms with Gasteiger partial charge in [-0.3, -0.25) is 0 Å². The van der Waals surface area contributed by atoms with E-state index in [0.717, 1.165) is 16.7 Å². The van der Waals surface area contributed by atoms with Crippen LogP contribution < -0.4 is 0 Å². The smallest absolute Gasteiger partial charge is 0.0874 e. The summed E-state index contributed by atoms with van der Waals surface area (Å²) in [6.07, 6.45) is 2.20. The second kappa shape index (κ2) is 3.33. The van der Waals surface area contributed by atoms with Gasteiger partial charge >= 0.3 is 0 Å². The maximum Gasteiger partial charge on any atom is 0.0874 e. The van der Waals surface area contributed by atoms with Crippen LogP contribution in [-0.4, -0.2) is 9.38 Å². The molecule has 0 N–H and O–H groups in total. The van der Waals surface area contributed by atoms with Gasteiger partial charge in [-0.05, 0) is 19.1 Å². The standard InChI is InChI=1S/C16H12N2/c1-11-16-13-7-3-2-6-12(13)10-18(16)15-9-5-4-8-14(15)17-11/h2-10H,1H3. The zero-order valence-electron chi connectivity index (χ0n) is 10.1. The number of nitrogens with zero attached hydrogens (tertiary/aromatic N) is 2. The van der Waals surface area contributed by atoms with Crippen LogP contribution in [0.4, 0.5) is 0 Å². The maximum atomic E-state index is 4.71. The van der Waals surface area contributed by atoms with Crippen molar-refractivity contribution in [3.63, 3.8) is 0 Å². The topological polar surface area (TPSA) is 17.3 Å². The molecule has 2 aromatic heterocycles. The molecule has 0 fully saturated rings. The van der Waals surface area contributed by atoms with E-state index in [2.05, 4.69) is 60.0 Å². The largest absolute Gasteiger partial charge is 0.312 e. The van der Waals surface area contributed by atoms with Crippen molar-refractivity contribution in [2.75, 3.05) is 0 Å². The summed E-state index contributed by atoms with van der Waals surface area (Å²) in [6, 6.07) is 16.7. The van der Waals surface area contributed by atoms with Crippen LogP contribution in [0.2, 0.25) is 0 Å². The van der Waals surface area contributed by atoms with E-state index >= 15 is 0 Å². The van der Waals surface area contributed by atoms with Crippen molar-refractivity contribution in [1.82, 2.24) is 9.38 Å². The Kier molecular flexibility index (Phi) is 1.78. The lowest BCUT2D eigenvalue weighted by Gasteiger charge is -2.05. The second-order valence-electron chi connectivity index (χ2n) is 4.62. The van der Waals surface area contributed by atoms with Crippen molar-refractivity contribution in [1.29, 1.82) is 0 Å². The molecule has 0 amide bonds. The average Bonchev–Trinajstić information content (AvgIpc) is 2.79. The SMILES string of the molecule is Cc1nc2ccccc2n2cc3ccccc3c12. The summed E-state index contributed by atoms with van der Waals surface area (Å²) >= 11 is 0. The molecule has 0 aliphatic rings. The molecule has 2 aromatic carbocycles. The second-order valence-corrected chi connectivity index (χ2v) is 4.62. The molecule has 0 saturated heterocycles. The lowest BCUT2D eigenvalue weighted by atomic mass is 10.2. The molecular formula is C16H12N2. The first-order valence-electron chi connectivity index (χ1n) is 6.10. The van der Waals surface area contributed by atoms with Crippen LogP contribution in [0.25, 0.3) is 27.3 Å². The molecule has 0 bridgehead atoms. The fourth-order valence-electron chi connectivity index (χ4n) is 2.71. The van der Waals surface area contributed by atoms with E-state index in [-0.39, 0.29) is 0 Å². The summed E-state index contributed by atoms with van der Waals surface area (Å²) in [5, 5.41) is 2.53. The number of fused-ring (bicyclic) bond motifs is 5. The Morgan fingerprint density at radius 3 is 2.67 bits per heavy atom. The molecule has 0 aliphatic heterocycles. The van der Waals surface area contributed by atoms with E-state index < -0.39 is 0 Å². The Hall–Kier alpha value is -2.35. The van der Waals surface area contributed by atoms with Crippen LogP contribution in [0, 0.1) is 6.92 Å². The summed E-state index contributed by atoms with van der Waals surface area (Å²) in [6.45, 7) is 2.08. The van der Waals surface area contributed by atoms with Crippen molar-refractivity contribution in [2.45, 2.75) is 6.92 Å². The normalized spacial score (nSPS) is 11.6. The molecule has 0 aliphatic carbocycles. The fourth-order valence-corrected chi connectivity index (χ4v) is 2.71. The Morgan fingerprint density at radius 2 is 1.72 bits per heavy atom. The number of para-hydroxylation sites is 2. The van der Waals surface area contributed by atoms with Gasteiger partial charge in [-0.1, -0.05) is 36.4 Å². The Morgan fingerprint density at radius 1 is 0.944 bits per heavy atom. The third kappa shape index (κ3) is 1.15. The van der Waals surface area contributed by atoms with Crippen molar-refractivity contribution in [3.8, 4) is 0 Å². The number of aryl methyl sites for hydroxylation is 1. The Labute approximate surface area is 104 Å². The summed E-state index contributed by atoms with van der Waals surface area (Å²) in [5.41, 5.74) is 4.50. The molecule has 2 heterocycles. The van der Waals surface area contributed by atoms with Crippen LogP contribution in [0.3, 0.4) is 0 Å². The highest BCUT2D eigenvalue weighted by Gasteiger charge is 2.09. The van der Waals surface area contributed by atoms with Crippen molar-refractivity contribution in [2.24, 2.45) is 0 Å². The zero-order valence-corrected chi connectivity index (χ0v) is 10.1. The first-order valence-corrected chi connectivity index (χ1v) is 6.10. The zero-order chi connectivity index (χ0) is 12.1. The quantitative estimate of drug-likeness (QED) is 0.448. The first kappa shape index (κ1) is 9.66. The van der Waals surface area contributed by atoms with Crippen LogP contribution in [-0.2, 0) is 0 Å². The number of rotatable bonds is 0. The number of hydrogen-bond donors (Lipinski definition) is 0. The van der Waals surface area contributed by atoms with E-state index in [9.17, 15) is 0 Å². The highest BCUT2D eigenvalue weighted by molar-refractivity contribution is 6.01. The highest BCUT2D eigenvalue weighted by atomic mass is 14.9. The lowest BCUT2D eigenvalue weighted by Crippen LogP contribution is -1.93. The predicted octanol–water partition coefficient (Wildman–Crippen LogP) is 3.95. The molecule has 2 nitrogen and oxygen atoms in total. The average molecular weight is 232 g/mol. The molecule has 4 aromatic rings. The van der Waals surface area contributed by atoms with Gasteiger partial charge < -0.3 is 4.40 Å². The van der Waals surface area contributed by atoms with E-state index in [1.54, 1.807) is 0 Å². The lowest BCUT2D eigenvalue weighted by molar-refractivity contribution is 1.17. The van der Waals surface area contributed by atoms with Gasteiger partial charge in [0.25, 0.3) is 0 Å². The Balaban J connectivity index is 2.38. The molecule has 0 atom stereocenters. The molecule has 2 heteroatoms. The van der Waals surface area contributed by atoms with Gasteiger partial charge in [0, 0.05) is 17.0 Å². The summed E-state index contributed by atoms with van der Waals surface area (Å²) < 4.78 is 2.25. The maximum absolute atomic E-state index is 4.71. The van der Waals surface area contributed by atoms with Gasteiger partial charge in [-0.15, -0.1) is 0 Å². The number of benzene rings is 2. The van der Waals surface area contributed by atoms with Gasteiger partial charge in [-0.25, -0.2) is 4.98 Å². The van der Waals surface area contributed by atoms with Gasteiger partial charge in [0.15, 0.2) is 0 Å². The molecule has 0 saturated carbocycles. The third-order valence-electron chi connectivity index (χ3n) is 3.50. The van der Waals surface area contributed by atoms with E-state index in [4.69, 9.17) is 4.98 Å². The number of aromatic nitrogens is 2. The molecule has 18 heavy (non-hydrogen) atoms. The van der Waals surface area contributed by atoms with Gasteiger partial charge in [0.2, 0.25) is 0 Å². The molecular weight excluding hydrogens is 220 g/mol. The van der Waals surface area contributed by atoms with E-state index in [1.165, 1.54) is 16.3 Å². The molecule has 4 rings (SSSR count). The Bertz CT molecular complexity index is 887. The van der Waals surface area contributed by atoms with Crippen LogP contribution in [0.1, 0.15) is 5.69 Å². The minimum absolute atomic E-state index is 1.04. The van der Waals surface area contributed by atoms with Gasteiger partial charge in [-0.2, -0.15) is 0 Å². The summed E-state index contributed by atoms with van der Waals surface area (Å²) in [7, 11) is 0. The monoisotopic (exact) mass is 232 g/mol. The van der Waals surface area contributed by atoms with Crippen molar-refractivity contribution >= 4 is 27.3 Å². The molecule has 0 unspecified atom stereocenters. The summed E-state index contributed by atoms with van der Waals surface area (Å²) in [5.74, 6) is 0. The van der Waals surface area contributed by atoms with E-state index in [0.29, 0.717) is 0 Å². The van der Waals surface area contributed by atoms with Gasteiger partial charge in [0.05, 0.1) is 22.2 Å². The minimum Gasteiger partial charge on any atom is -0.312 e. The van der Waals surface area contributed by atoms with Crippen LogP contribution >= 0.6 is 0 Å². The van der Waals surface area contributed by atoms with Gasteiger partial charge in [0.1, 0.15) is 0 Å². The number of hydrogen-bond acceptors (Lipinski definition) is 1. The highest BCUT2D eigenvalue weighted by Crippen LogP contribution is 2.27. The summed E-state index contributed by atoms with van der Waals surface area (Å²) in [4.78, 5) is 4.71. The minimum atomic E-state index is 1.04. The van der Waals surface area contributed by atoms with E-state index in [1.807, 2.05) is 6.07 Å². The molecule has 86 valence electrons. The van der Waals surface area contributed by atoms with Crippen molar-refractivity contribution in [3.05, 3.63) is 60.4 Å². The first-order chi connectivity index (χ1) is 8.84. The fraction of sp³-hybridized carbons (Fsp3) is 0.0625. The molecule has 0 spiro atoms. The predicted molar refractivity (Wildman–Crippen MR) is 74.9 cm³/mol.